The molecule has 0 aliphatic carbocycles. The summed E-state index contributed by atoms with van der Waals surface area (Å²) in [5, 5.41) is 3.16. The van der Waals surface area contributed by atoms with Crippen LogP contribution in [-0.4, -0.2) is 26.8 Å². The first-order valence-corrected chi connectivity index (χ1v) is 5.82. The van der Waals surface area contributed by atoms with Crippen LogP contribution in [0.15, 0.2) is 18.2 Å². The molecule has 1 aliphatic heterocycles. The third kappa shape index (κ3) is 2.30. The summed E-state index contributed by atoms with van der Waals surface area (Å²) >= 11 is 0. The van der Waals surface area contributed by atoms with Crippen molar-refractivity contribution in [3.63, 3.8) is 0 Å². The van der Waals surface area contributed by atoms with Crippen LogP contribution >= 0.6 is 0 Å². The lowest BCUT2D eigenvalue weighted by Gasteiger charge is -2.09. The molecule has 0 amide bonds. The quantitative estimate of drug-likeness (QED) is 0.771. The predicted octanol–water partition coefficient (Wildman–Crippen LogP) is 2.00. The number of ether oxygens (including phenoxy) is 2. The van der Waals surface area contributed by atoms with Crippen molar-refractivity contribution in [2.24, 2.45) is 0 Å². The fourth-order valence-corrected chi connectivity index (χ4v) is 2.16. The highest BCUT2D eigenvalue weighted by molar-refractivity contribution is 5.47. The molecule has 1 heterocycles. The summed E-state index contributed by atoms with van der Waals surface area (Å²) in [6, 6.07) is 6.00. The Morgan fingerprint density at radius 3 is 3.12 bits per heavy atom. The van der Waals surface area contributed by atoms with Gasteiger partial charge in [-0.3, -0.25) is 0 Å². The molecular formula is C13H19NO2. The van der Waals surface area contributed by atoms with Crippen molar-refractivity contribution in [1.29, 1.82) is 0 Å². The highest BCUT2D eigenvalue weighted by atomic mass is 16.5. The molecule has 0 fully saturated rings. The maximum absolute atomic E-state index is 5.89. The second-order valence-corrected chi connectivity index (χ2v) is 4.13. The van der Waals surface area contributed by atoms with Gasteiger partial charge in [-0.05, 0) is 38.6 Å². The number of benzene rings is 1. The molecule has 1 aromatic rings. The van der Waals surface area contributed by atoms with E-state index < -0.39 is 0 Å². The molecule has 16 heavy (non-hydrogen) atoms. The molecule has 0 radical (unpaired) electrons. The molecule has 0 spiro atoms. The van der Waals surface area contributed by atoms with Gasteiger partial charge >= 0.3 is 0 Å². The number of hydrogen-bond donors (Lipinski definition) is 1. The first-order chi connectivity index (χ1) is 7.85. The highest BCUT2D eigenvalue weighted by Gasteiger charge is 2.25. The number of nitrogens with one attached hydrogen (secondary N) is 1. The zero-order chi connectivity index (χ0) is 11.4. The average molecular weight is 221 g/mol. The second kappa shape index (κ2) is 5.21. The summed E-state index contributed by atoms with van der Waals surface area (Å²) in [6.07, 6.45) is 3.54. The summed E-state index contributed by atoms with van der Waals surface area (Å²) < 4.78 is 11.2. The van der Waals surface area contributed by atoms with Gasteiger partial charge in [0, 0.05) is 12.0 Å². The Balaban J connectivity index is 1.98. The molecule has 1 atom stereocenters. The van der Waals surface area contributed by atoms with Gasteiger partial charge in [0.1, 0.15) is 17.6 Å². The van der Waals surface area contributed by atoms with E-state index >= 15 is 0 Å². The van der Waals surface area contributed by atoms with E-state index in [9.17, 15) is 0 Å². The fraction of sp³-hybridized carbons (Fsp3) is 0.538. The zero-order valence-electron chi connectivity index (χ0n) is 9.95. The maximum atomic E-state index is 5.89. The zero-order valence-corrected chi connectivity index (χ0v) is 9.95. The average Bonchev–Trinajstić information content (AvgIpc) is 2.71. The minimum absolute atomic E-state index is 0.319. The lowest BCUT2D eigenvalue weighted by atomic mass is 10.1. The van der Waals surface area contributed by atoms with Crippen LogP contribution in [0.2, 0.25) is 0 Å². The Bertz CT molecular complexity index is 352. The van der Waals surface area contributed by atoms with Gasteiger partial charge in [0.25, 0.3) is 0 Å². The van der Waals surface area contributed by atoms with Gasteiger partial charge in [0.05, 0.1) is 7.11 Å². The van der Waals surface area contributed by atoms with Crippen LogP contribution in [0.1, 0.15) is 18.4 Å². The smallest absolute Gasteiger partial charge is 0.126 e. The molecule has 0 saturated carbocycles. The van der Waals surface area contributed by atoms with E-state index in [0.29, 0.717) is 6.10 Å². The Labute approximate surface area is 96.8 Å². The van der Waals surface area contributed by atoms with Crippen molar-refractivity contribution in [2.75, 3.05) is 20.7 Å². The first-order valence-electron chi connectivity index (χ1n) is 5.82. The van der Waals surface area contributed by atoms with Gasteiger partial charge in [-0.1, -0.05) is 6.07 Å². The van der Waals surface area contributed by atoms with E-state index in [2.05, 4.69) is 5.32 Å². The monoisotopic (exact) mass is 221 g/mol. The minimum atomic E-state index is 0.319. The number of hydrogen-bond acceptors (Lipinski definition) is 3. The molecule has 3 nitrogen and oxygen atoms in total. The molecule has 88 valence electrons. The first kappa shape index (κ1) is 11.3. The molecule has 0 aromatic heterocycles. The van der Waals surface area contributed by atoms with Gasteiger partial charge in [0.2, 0.25) is 0 Å². The van der Waals surface area contributed by atoms with Crippen molar-refractivity contribution in [1.82, 2.24) is 5.32 Å². The van der Waals surface area contributed by atoms with Crippen molar-refractivity contribution in [3.8, 4) is 11.5 Å². The van der Waals surface area contributed by atoms with E-state index in [1.54, 1.807) is 7.11 Å². The van der Waals surface area contributed by atoms with Crippen LogP contribution in [0.25, 0.3) is 0 Å². The second-order valence-electron chi connectivity index (χ2n) is 4.13. The predicted molar refractivity (Wildman–Crippen MR) is 64.3 cm³/mol. The maximum Gasteiger partial charge on any atom is 0.126 e. The Morgan fingerprint density at radius 1 is 1.50 bits per heavy atom. The molecule has 3 heteroatoms. The number of methoxy groups -OCH3 is 1. The van der Waals surface area contributed by atoms with Crippen LogP contribution in [0.5, 0.6) is 11.5 Å². The molecule has 2 rings (SSSR count). The van der Waals surface area contributed by atoms with E-state index in [0.717, 1.165) is 37.3 Å². The largest absolute Gasteiger partial charge is 0.496 e. The van der Waals surface area contributed by atoms with Crippen molar-refractivity contribution < 1.29 is 9.47 Å². The SMILES string of the molecule is CNCCCC1Cc2c(OC)cccc2O1. The molecule has 0 saturated heterocycles. The van der Waals surface area contributed by atoms with Gasteiger partial charge in [-0.15, -0.1) is 0 Å². The fourth-order valence-electron chi connectivity index (χ4n) is 2.16. The summed E-state index contributed by atoms with van der Waals surface area (Å²) in [7, 11) is 3.69. The minimum Gasteiger partial charge on any atom is -0.496 e. The summed E-state index contributed by atoms with van der Waals surface area (Å²) in [6.45, 7) is 1.05. The third-order valence-electron chi connectivity index (χ3n) is 2.99. The highest BCUT2D eigenvalue weighted by Crippen LogP contribution is 2.36. The topological polar surface area (TPSA) is 30.5 Å². The molecule has 1 aliphatic rings. The molecular weight excluding hydrogens is 202 g/mol. The van der Waals surface area contributed by atoms with Gasteiger partial charge in [0.15, 0.2) is 0 Å². The molecule has 1 unspecified atom stereocenters. The van der Waals surface area contributed by atoms with E-state index in [-0.39, 0.29) is 0 Å². The summed E-state index contributed by atoms with van der Waals surface area (Å²) in [5.41, 5.74) is 1.22. The Kier molecular flexibility index (Phi) is 3.67. The van der Waals surface area contributed by atoms with Crippen LogP contribution in [0.4, 0.5) is 0 Å². The van der Waals surface area contributed by atoms with Crippen LogP contribution in [0.3, 0.4) is 0 Å². The van der Waals surface area contributed by atoms with E-state index in [1.807, 2.05) is 25.2 Å². The number of rotatable bonds is 5. The van der Waals surface area contributed by atoms with E-state index in [1.165, 1.54) is 5.56 Å². The Hall–Kier alpha value is -1.22. The van der Waals surface area contributed by atoms with Crippen LogP contribution in [-0.2, 0) is 6.42 Å². The third-order valence-corrected chi connectivity index (χ3v) is 2.99. The van der Waals surface area contributed by atoms with Crippen molar-refractivity contribution >= 4 is 0 Å². The van der Waals surface area contributed by atoms with Crippen LogP contribution in [0, 0.1) is 0 Å². The standard InChI is InChI=1S/C13H19NO2/c1-14-8-4-5-10-9-11-12(15-2)6-3-7-13(11)16-10/h3,6-7,10,14H,4-5,8-9H2,1-2H3. The van der Waals surface area contributed by atoms with E-state index in [4.69, 9.17) is 9.47 Å². The van der Waals surface area contributed by atoms with Crippen molar-refractivity contribution in [2.45, 2.75) is 25.4 Å². The molecule has 0 bridgehead atoms. The summed E-state index contributed by atoms with van der Waals surface area (Å²) in [4.78, 5) is 0. The lowest BCUT2D eigenvalue weighted by Crippen LogP contribution is -2.16. The number of fused-ring (bicyclic) bond motifs is 1. The molecule has 1 N–H and O–H groups in total. The lowest BCUT2D eigenvalue weighted by molar-refractivity contribution is 0.218. The van der Waals surface area contributed by atoms with Gasteiger partial charge < -0.3 is 14.8 Å². The van der Waals surface area contributed by atoms with Gasteiger partial charge in [-0.25, -0.2) is 0 Å². The van der Waals surface area contributed by atoms with Crippen LogP contribution < -0.4 is 14.8 Å². The normalized spacial score (nSPS) is 18.0. The molecule has 1 aromatic carbocycles. The Morgan fingerprint density at radius 2 is 2.38 bits per heavy atom. The van der Waals surface area contributed by atoms with Crippen molar-refractivity contribution in [3.05, 3.63) is 23.8 Å². The van der Waals surface area contributed by atoms with Gasteiger partial charge in [-0.2, -0.15) is 0 Å². The summed E-state index contributed by atoms with van der Waals surface area (Å²) in [5.74, 6) is 1.95.